The maximum atomic E-state index is 6.33. The summed E-state index contributed by atoms with van der Waals surface area (Å²) < 4.78 is 12.0. The topological polar surface area (TPSA) is 21.7 Å². The van der Waals surface area contributed by atoms with Gasteiger partial charge in [0, 0.05) is 17.0 Å². The average Bonchev–Trinajstić information content (AvgIpc) is 3.10. The summed E-state index contributed by atoms with van der Waals surface area (Å²) in [6, 6.07) is 15.2. The maximum Gasteiger partial charge on any atom is 0.169 e. The van der Waals surface area contributed by atoms with Crippen molar-refractivity contribution in [1.82, 2.24) is 4.90 Å². The SMILES string of the molecule is C=Cc1c([C@@]23CCCCC2N(C)CC3)ccc(OC)c1OCc1ccccc1. The molecule has 4 rings (SSSR count). The highest BCUT2D eigenvalue weighted by Crippen LogP contribution is 2.52. The fourth-order valence-electron chi connectivity index (χ4n) is 5.39. The van der Waals surface area contributed by atoms with Crippen LogP contribution in [0.5, 0.6) is 11.5 Å². The van der Waals surface area contributed by atoms with Gasteiger partial charge in [-0.15, -0.1) is 0 Å². The van der Waals surface area contributed by atoms with Gasteiger partial charge < -0.3 is 14.4 Å². The predicted octanol–water partition coefficient (Wildman–Crippen LogP) is 5.43. The zero-order valence-corrected chi connectivity index (χ0v) is 17.1. The van der Waals surface area contributed by atoms with E-state index in [1.807, 2.05) is 24.3 Å². The number of rotatable bonds is 6. The lowest BCUT2D eigenvalue weighted by atomic mass is 9.65. The van der Waals surface area contributed by atoms with Crippen molar-refractivity contribution in [2.24, 2.45) is 0 Å². The third-order valence-corrected chi connectivity index (χ3v) is 6.78. The Morgan fingerprint density at radius 3 is 2.71 bits per heavy atom. The van der Waals surface area contributed by atoms with Crippen LogP contribution in [0.4, 0.5) is 0 Å². The first kappa shape index (κ1) is 19.1. The van der Waals surface area contributed by atoms with Gasteiger partial charge in [0.2, 0.25) is 0 Å². The van der Waals surface area contributed by atoms with Crippen LogP contribution in [0, 0.1) is 0 Å². The van der Waals surface area contributed by atoms with Crippen molar-refractivity contribution in [3.8, 4) is 11.5 Å². The summed E-state index contributed by atoms with van der Waals surface area (Å²) in [4.78, 5) is 2.56. The van der Waals surface area contributed by atoms with Gasteiger partial charge in [-0.3, -0.25) is 0 Å². The molecule has 2 aromatic rings. The summed E-state index contributed by atoms with van der Waals surface area (Å²) in [6.07, 6.45) is 8.32. The summed E-state index contributed by atoms with van der Waals surface area (Å²) in [5, 5.41) is 0. The fourth-order valence-corrected chi connectivity index (χ4v) is 5.39. The molecule has 2 aliphatic rings. The van der Waals surface area contributed by atoms with E-state index in [0.29, 0.717) is 12.6 Å². The van der Waals surface area contributed by atoms with Crippen molar-refractivity contribution in [3.05, 3.63) is 65.7 Å². The number of hydrogen-bond donors (Lipinski definition) is 0. The summed E-state index contributed by atoms with van der Waals surface area (Å²) in [6.45, 7) is 5.84. The molecule has 0 bridgehead atoms. The van der Waals surface area contributed by atoms with Crippen molar-refractivity contribution >= 4 is 6.08 Å². The molecule has 3 nitrogen and oxygen atoms in total. The van der Waals surface area contributed by atoms with E-state index in [0.717, 1.165) is 29.2 Å². The Kier molecular flexibility index (Phi) is 5.45. The molecule has 0 aromatic heterocycles. The van der Waals surface area contributed by atoms with Gasteiger partial charge >= 0.3 is 0 Å². The van der Waals surface area contributed by atoms with Crippen molar-refractivity contribution in [2.75, 3.05) is 20.7 Å². The number of hydrogen-bond acceptors (Lipinski definition) is 3. The zero-order valence-electron chi connectivity index (χ0n) is 17.1. The lowest BCUT2D eigenvalue weighted by Crippen LogP contribution is -2.44. The largest absolute Gasteiger partial charge is 0.493 e. The van der Waals surface area contributed by atoms with Gasteiger partial charge in [0.25, 0.3) is 0 Å². The van der Waals surface area contributed by atoms with Crippen LogP contribution in [-0.4, -0.2) is 31.6 Å². The second-order valence-electron chi connectivity index (χ2n) is 8.18. The molecule has 148 valence electrons. The Balaban J connectivity index is 1.75. The van der Waals surface area contributed by atoms with Crippen LogP contribution in [0.1, 0.15) is 48.8 Å². The zero-order chi connectivity index (χ0) is 19.6. The number of likely N-dealkylation sites (tertiary alicyclic amines) is 1. The quantitative estimate of drug-likeness (QED) is 0.670. The summed E-state index contributed by atoms with van der Waals surface area (Å²) in [7, 11) is 3.99. The van der Waals surface area contributed by atoms with Crippen LogP contribution in [-0.2, 0) is 12.0 Å². The molecular weight excluding hydrogens is 346 g/mol. The molecule has 2 atom stereocenters. The Hall–Kier alpha value is -2.26. The van der Waals surface area contributed by atoms with Gasteiger partial charge in [-0.25, -0.2) is 0 Å². The van der Waals surface area contributed by atoms with Crippen molar-refractivity contribution in [1.29, 1.82) is 0 Å². The minimum absolute atomic E-state index is 0.202. The van der Waals surface area contributed by atoms with Gasteiger partial charge in [0.1, 0.15) is 6.61 Å². The molecule has 1 heterocycles. The molecular formula is C25H31NO2. The second-order valence-corrected chi connectivity index (χ2v) is 8.18. The normalized spacial score (nSPS) is 24.6. The predicted molar refractivity (Wildman–Crippen MR) is 115 cm³/mol. The number of ether oxygens (including phenoxy) is 2. The highest BCUT2D eigenvalue weighted by molar-refractivity contribution is 5.67. The molecule has 1 aliphatic carbocycles. The van der Waals surface area contributed by atoms with Crippen LogP contribution in [0.2, 0.25) is 0 Å². The van der Waals surface area contributed by atoms with E-state index in [-0.39, 0.29) is 5.41 Å². The highest BCUT2D eigenvalue weighted by Gasteiger charge is 2.49. The molecule has 0 amide bonds. The monoisotopic (exact) mass is 377 g/mol. The number of benzene rings is 2. The molecule has 1 saturated heterocycles. The fraction of sp³-hybridized carbons (Fsp3) is 0.440. The number of likely N-dealkylation sites (N-methyl/N-ethyl adjacent to an activating group) is 1. The second kappa shape index (κ2) is 8.00. The molecule has 0 radical (unpaired) electrons. The van der Waals surface area contributed by atoms with E-state index < -0.39 is 0 Å². The van der Waals surface area contributed by atoms with Gasteiger partial charge in [0.05, 0.1) is 7.11 Å². The average molecular weight is 378 g/mol. The standard InChI is InChI=1S/C25H31NO2/c1-4-20-21(25-15-9-8-12-23(25)26(2)17-16-25)13-14-22(27-3)24(20)28-18-19-10-6-5-7-11-19/h4-7,10-11,13-14,23H,1,8-9,12,15-18H2,2-3H3/t23?,25-/m0/s1. The van der Waals surface area contributed by atoms with Crippen molar-refractivity contribution in [2.45, 2.75) is 50.2 Å². The van der Waals surface area contributed by atoms with E-state index in [9.17, 15) is 0 Å². The van der Waals surface area contributed by atoms with Gasteiger partial charge in [0.15, 0.2) is 11.5 Å². The van der Waals surface area contributed by atoms with E-state index in [2.05, 4.69) is 42.8 Å². The lowest BCUT2D eigenvalue weighted by molar-refractivity contribution is 0.181. The number of nitrogens with zero attached hydrogens (tertiary/aromatic N) is 1. The van der Waals surface area contributed by atoms with Gasteiger partial charge in [-0.2, -0.15) is 0 Å². The Bertz CT molecular complexity index is 828. The highest BCUT2D eigenvalue weighted by atomic mass is 16.5. The molecule has 2 fully saturated rings. The molecule has 0 N–H and O–H groups in total. The van der Waals surface area contributed by atoms with Crippen LogP contribution in [0.3, 0.4) is 0 Å². The first-order valence-electron chi connectivity index (χ1n) is 10.4. The Morgan fingerprint density at radius 2 is 1.96 bits per heavy atom. The summed E-state index contributed by atoms with van der Waals surface area (Å²) in [5.41, 5.74) is 3.85. The smallest absolute Gasteiger partial charge is 0.169 e. The Labute approximate surface area is 169 Å². The van der Waals surface area contributed by atoms with E-state index in [1.165, 1.54) is 37.7 Å². The molecule has 3 heteroatoms. The Morgan fingerprint density at radius 1 is 1.14 bits per heavy atom. The van der Waals surface area contributed by atoms with Crippen molar-refractivity contribution < 1.29 is 9.47 Å². The molecule has 28 heavy (non-hydrogen) atoms. The van der Waals surface area contributed by atoms with Gasteiger partial charge in [-0.05, 0) is 50.0 Å². The molecule has 1 saturated carbocycles. The third-order valence-electron chi connectivity index (χ3n) is 6.78. The summed E-state index contributed by atoms with van der Waals surface area (Å²) in [5.74, 6) is 1.61. The minimum Gasteiger partial charge on any atom is -0.493 e. The van der Waals surface area contributed by atoms with Crippen LogP contribution in [0.15, 0.2) is 49.0 Å². The van der Waals surface area contributed by atoms with Gasteiger partial charge in [-0.1, -0.05) is 61.9 Å². The lowest BCUT2D eigenvalue weighted by Gasteiger charge is -2.42. The third kappa shape index (κ3) is 3.22. The van der Waals surface area contributed by atoms with Crippen LogP contribution >= 0.6 is 0 Å². The minimum atomic E-state index is 0.202. The maximum absolute atomic E-state index is 6.33. The van der Waals surface area contributed by atoms with E-state index in [1.54, 1.807) is 7.11 Å². The first-order valence-corrected chi connectivity index (χ1v) is 10.4. The van der Waals surface area contributed by atoms with Crippen molar-refractivity contribution in [3.63, 3.8) is 0 Å². The molecule has 0 spiro atoms. The number of methoxy groups -OCH3 is 1. The molecule has 1 unspecified atom stereocenters. The summed E-state index contributed by atoms with van der Waals surface area (Å²) >= 11 is 0. The molecule has 1 aliphatic heterocycles. The molecule has 2 aromatic carbocycles. The number of fused-ring (bicyclic) bond motifs is 1. The van der Waals surface area contributed by atoms with Crippen LogP contribution < -0.4 is 9.47 Å². The van der Waals surface area contributed by atoms with E-state index in [4.69, 9.17) is 9.47 Å². The van der Waals surface area contributed by atoms with E-state index >= 15 is 0 Å². The van der Waals surface area contributed by atoms with Crippen LogP contribution in [0.25, 0.3) is 6.08 Å². The first-order chi connectivity index (χ1) is 13.7.